The van der Waals surface area contributed by atoms with Crippen molar-refractivity contribution in [1.29, 1.82) is 0 Å². The maximum absolute atomic E-state index is 12.1. The van der Waals surface area contributed by atoms with Gasteiger partial charge >= 0.3 is 0 Å². The monoisotopic (exact) mass is 310 g/mol. The molecule has 2 rings (SSSR count). The number of hydrogen-bond donors (Lipinski definition) is 3. The van der Waals surface area contributed by atoms with Gasteiger partial charge in [-0.3, -0.25) is 14.5 Å². The highest BCUT2D eigenvalue weighted by molar-refractivity contribution is 7.14. The van der Waals surface area contributed by atoms with Gasteiger partial charge in [0.2, 0.25) is 5.91 Å². The fraction of sp³-hybridized carbons (Fsp3) is 0.571. The fourth-order valence-corrected chi connectivity index (χ4v) is 3.37. The number of rotatable bonds is 5. The molecule has 0 bridgehead atoms. The van der Waals surface area contributed by atoms with Crippen LogP contribution in [-0.4, -0.2) is 49.4 Å². The summed E-state index contributed by atoms with van der Waals surface area (Å²) >= 11 is 1.31. The zero-order chi connectivity index (χ0) is 15.2. The Morgan fingerprint density at radius 1 is 1.48 bits per heavy atom. The first-order valence-electron chi connectivity index (χ1n) is 7.16. The van der Waals surface area contributed by atoms with Crippen molar-refractivity contribution in [3.05, 3.63) is 17.0 Å². The van der Waals surface area contributed by atoms with E-state index in [0.717, 1.165) is 32.4 Å². The van der Waals surface area contributed by atoms with E-state index in [1.807, 2.05) is 7.05 Å². The van der Waals surface area contributed by atoms with Crippen LogP contribution in [0.5, 0.6) is 0 Å². The van der Waals surface area contributed by atoms with Crippen molar-refractivity contribution in [1.82, 2.24) is 10.2 Å². The number of likely N-dealkylation sites (N-methyl/N-ethyl adjacent to an activating group) is 1. The van der Waals surface area contributed by atoms with E-state index < -0.39 is 5.91 Å². The smallest absolute Gasteiger partial charge is 0.251 e. The summed E-state index contributed by atoms with van der Waals surface area (Å²) in [6, 6.07) is 2.05. The van der Waals surface area contributed by atoms with Crippen LogP contribution in [0.15, 0.2) is 11.4 Å². The molecule has 1 unspecified atom stereocenters. The third kappa shape index (κ3) is 4.52. The average molecular weight is 310 g/mol. The predicted molar refractivity (Wildman–Crippen MR) is 84.6 cm³/mol. The molecule has 6 nitrogen and oxygen atoms in total. The van der Waals surface area contributed by atoms with Crippen LogP contribution in [0.25, 0.3) is 0 Å². The molecule has 2 amide bonds. The van der Waals surface area contributed by atoms with Gasteiger partial charge in [-0.25, -0.2) is 0 Å². The fourth-order valence-electron chi connectivity index (χ4n) is 2.56. The van der Waals surface area contributed by atoms with Crippen LogP contribution in [0.1, 0.15) is 29.6 Å². The van der Waals surface area contributed by atoms with Gasteiger partial charge in [-0.2, -0.15) is 0 Å². The second kappa shape index (κ2) is 7.53. The van der Waals surface area contributed by atoms with Gasteiger partial charge < -0.3 is 16.4 Å². The van der Waals surface area contributed by atoms with Crippen molar-refractivity contribution >= 4 is 28.2 Å². The minimum Gasteiger partial charge on any atom is -0.366 e. The van der Waals surface area contributed by atoms with Crippen molar-refractivity contribution in [2.75, 3.05) is 32.0 Å². The summed E-state index contributed by atoms with van der Waals surface area (Å²) in [6.07, 6.45) is 3.28. The molecule has 0 spiro atoms. The zero-order valence-electron chi connectivity index (χ0n) is 12.2. The minimum absolute atomic E-state index is 0.111. The largest absolute Gasteiger partial charge is 0.366 e. The van der Waals surface area contributed by atoms with E-state index in [-0.39, 0.29) is 5.91 Å². The third-order valence-electron chi connectivity index (χ3n) is 3.75. The highest BCUT2D eigenvalue weighted by Gasteiger charge is 2.20. The van der Waals surface area contributed by atoms with Crippen molar-refractivity contribution in [3.8, 4) is 0 Å². The van der Waals surface area contributed by atoms with Crippen molar-refractivity contribution in [2.24, 2.45) is 5.73 Å². The number of nitrogens with one attached hydrogen (secondary N) is 2. The first kappa shape index (κ1) is 15.9. The van der Waals surface area contributed by atoms with Crippen molar-refractivity contribution in [2.45, 2.75) is 25.3 Å². The van der Waals surface area contributed by atoms with Gasteiger partial charge in [0.15, 0.2) is 0 Å². The molecule has 0 saturated carbocycles. The lowest BCUT2D eigenvalue weighted by molar-refractivity contribution is -0.117. The van der Waals surface area contributed by atoms with Gasteiger partial charge in [0.25, 0.3) is 5.91 Å². The normalized spacial score (nSPS) is 19.2. The van der Waals surface area contributed by atoms with Gasteiger partial charge in [-0.15, -0.1) is 11.3 Å². The van der Waals surface area contributed by atoms with E-state index in [9.17, 15) is 9.59 Å². The molecule has 1 aromatic heterocycles. The van der Waals surface area contributed by atoms with E-state index in [1.54, 1.807) is 11.4 Å². The van der Waals surface area contributed by atoms with Crippen LogP contribution in [0.4, 0.5) is 5.00 Å². The van der Waals surface area contributed by atoms with Gasteiger partial charge in [0.05, 0.1) is 12.1 Å². The lowest BCUT2D eigenvalue weighted by atomic mass is 10.1. The quantitative estimate of drug-likeness (QED) is 0.753. The molecule has 1 fully saturated rings. The van der Waals surface area contributed by atoms with Crippen LogP contribution in [0.3, 0.4) is 0 Å². The highest BCUT2D eigenvalue weighted by atomic mass is 32.1. The Morgan fingerprint density at radius 2 is 2.29 bits per heavy atom. The highest BCUT2D eigenvalue weighted by Crippen LogP contribution is 2.22. The number of carbonyl (C=O) groups excluding carboxylic acids is 2. The number of carbonyl (C=O) groups is 2. The molecule has 116 valence electrons. The predicted octanol–water partition coefficient (Wildman–Crippen LogP) is 0.859. The number of nitrogens with two attached hydrogens (primary N) is 1. The van der Waals surface area contributed by atoms with Crippen LogP contribution >= 0.6 is 11.3 Å². The Kier molecular flexibility index (Phi) is 5.72. The molecular weight excluding hydrogens is 288 g/mol. The summed E-state index contributed by atoms with van der Waals surface area (Å²) in [5.41, 5.74) is 5.64. The maximum Gasteiger partial charge on any atom is 0.251 e. The molecule has 0 aromatic carbocycles. The van der Waals surface area contributed by atoms with Crippen LogP contribution < -0.4 is 16.4 Å². The lowest BCUT2D eigenvalue weighted by Crippen LogP contribution is -2.38. The summed E-state index contributed by atoms with van der Waals surface area (Å²) < 4.78 is 0. The van der Waals surface area contributed by atoms with Crippen LogP contribution in [-0.2, 0) is 4.79 Å². The summed E-state index contributed by atoms with van der Waals surface area (Å²) in [5, 5.41) is 8.42. The Bertz CT molecular complexity index is 495. The Hall–Kier alpha value is -1.44. The van der Waals surface area contributed by atoms with Crippen LogP contribution in [0, 0.1) is 0 Å². The molecule has 4 N–H and O–H groups in total. The SMILES string of the molecule is CN(CC(=O)Nc1sccc1C(N)=O)C1CCCNCC1. The van der Waals surface area contributed by atoms with E-state index >= 15 is 0 Å². The number of thiophene rings is 1. The molecule has 1 aliphatic rings. The maximum atomic E-state index is 12.1. The molecule has 7 heteroatoms. The Labute approximate surface area is 128 Å². The number of hydrogen-bond acceptors (Lipinski definition) is 5. The van der Waals surface area contributed by atoms with E-state index in [2.05, 4.69) is 15.5 Å². The molecular formula is C14H22N4O2S. The third-order valence-corrected chi connectivity index (χ3v) is 4.58. The van der Waals surface area contributed by atoms with Gasteiger partial charge in [0, 0.05) is 6.04 Å². The van der Waals surface area contributed by atoms with Gasteiger partial charge in [0.1, 0.15) is 5.00 Å². The molecule has 1 aliphatic heterocycles. The van der Waals surface area contributed by atoms with Crippen LogP contribution in [0.2, 0.25) is 0 Å². The molecule has 1 aromatic rings. The minimum atomic E-state index is -0.519. The molecule has 0 aliphatic carbocycles. The van der Waals surface area contributed by atoms with E-state index in [4.69, 9.17) is 5.73 Å². The summed E-state index contributed by atoms with van der Waals surface area (Å²) in [7, 11) is 1.97. The number of nitrogens with zero attached hydrogens (tertiary/aromatic N) is 1. The zero-order valence-corrected chi connectivity index (χ0v) is 13.0. The Balaban J connectivity index is 1.88. The van der Waals surface area contributed by atoms with Crippen molar-refractivity contribution in [3.63, 3.8) is 0 Å². The molecule has 0 radical (unpaired) electrons. The molecule has 1 atom stereocenters. The van der Waals surface area contributed by atoms with Crippen molar-refractivity contribution < 1.29 is 9.59 Å². The lowest BCUT2D eigenvalue weighted by Gasteiger charge is -2.26. The Morgan fingerprint density at radius 3 is 3.05 bits per heavy atom. The number of anilines is 1. The summed E-state index contributed by atoms with van der Waals surface area (Å²) in [6.45, 7) is 2.36. The summed E-state index contributed by atoms with van der Waals surface area (Å²) in [4.78, 5) is 25.4. The molecule has 2 heterocycles. The second-order valence-corrected chi connectivity index (χ2v) is 6.24. The van der Waals surface area contributed by atoms with E-state index in [0.29, 0.717) is 23.2 Å². The van der Waals surface area contributed by atoms with Gasteiger partial charge in [-0.05, 0) is 50.8 Å². The summed E-state index contributed by atoms with van der Waals surface area (Å²) in [5.74, 6) is -0.630. The first-order chi connectivity index (χ1) is 10.1. The molecule has 21 heavy (non-hydrogen) atoms. The molecule has 1 saturated heterocycles. The topological polar surface area (TPSA) is 87.5 Å². The average Bonchev–Trinajstić information content (AvgIpc) is 2.72. The second-order valence-electron chi connectivity index (χ2n) is 5.33. The number of primary amides is 1. The number of amides is 2. The van der Waals surface area contributed by atoms with E-state index in [1.165, 1.54) is 11.3 Å². The van der Waals surface area contributed by atoms with Gasteiger partial charge in [-0.1, -0.05) is 0 Å². The first-order valence-corrected chi connectivity index (χ1v) is 8.04. The standard InChI is InChI=1S/C14H22N4O2S/c1-18(10-3-2-6-16-7-4-10)9-12(19)17-14-11(13(15)20)5-8-21-14/h5,8,10,16H,2-4,6-7,9H2,1H3,(H2,15,20)(H,17,19).